The van der Waals surface area contributed by atoms with Crippen molar-refractivity contribution in [1.29, 1.82) is 0 Å². The van der Waals surface area contributed by atoms with Gasteiger partial charge in [0, 0.05) is 19.8 Å². The first kappa shape index (κ1) is 28.4. The molecule has 0 radical (unpaired) electrons. The minimum Gasteiger partial charge on any atom is -0.472 e. The van der Waals surface area contributed by atoms with E-state index in [4.69, 9.17) is 33.2 Å². The zero-order chi connectivity index (χ0) is 28.8. The Kier molecular flexibility index (Phi) is 7.85. The fourth-order valence-corrected chi connectivity index (χ4v) is 5.50. The zero-order valence-corrected chi connectivity index (χ0v) is 21.5. The third-order valence-corrected chi connectivity index (χ3v) is 7.45. The van der Waals surface area contributed by atoms with Crippen molar-refractivity contribution in [1.82, 2.24) is 0 Å². The van der Waals surface area contributed by atoms with Crippen molar-refractivity contribution in [2.45, 2.75) is 68.7 Å². The highest BCUT2D eigenvalue weighted by molar-refractivity contribution is 5.89. The van der Waals surface area contributed by atoms with Gasteiger partial charge in [0.1, 0.15) is 54.6 Å². The van der Waals surface area contributed by atoms with Gasteiger partial charge >= 0.3 is 17.9 Å². The molecule has 5 rings (SSSR count). The summed E-state index contributed by atoms with van der Waals surface area (Å²) in [5.74, 6) is -2.75. The van der Waals surface area contributed by atoms with Crippen LogP contribution in [-0.2, 0) is 38.0 Å². The third-order valence-electron chi connectivity index (χ3n) is 7.45. The predicted molar refractivity (Wildman–Crippen MR) is 127 cm³/mol. The molecule has 1 aromatic carbocycles. The first-order valence-electron chi connectivity index (χ1n) is 12.6. The van der Waals surface area contributed by atoms with E-state index in [0.29, 0.717) is 0 Å². The lowest BCUT2D eigenvalue weighted by Crippen LogP contribution is -2.60. The van der Waals surface area contributed by atoms with Crippen LogP contribution in [-0.4, -0.2) is 106 Å². The number of rotatable bonds is 8. The van der Waals surface area contributed by atoms with Crippen LogP contribution in [0.15, 0.2) is 36.6 Å². The van der Waals surface area contributed by atoms with Crippen LogP contribution >= 0.6 is 0 Å². The minimum absolute atomic E-state index is 0.191. The van der Waals surface area contributed by atoms with Crippen molar-refractivity contribution >= 4 is 17.9 Å². The number of fused-ring (bicyclic) bond motifs is 3. The summed E-state index contributed by atoms with van der Waals surface area (Å²) in [7, 11) is 0. The lowest BCUT2D eigenvalue weighted by Gasteiger charge is -2.43. The van der Waals surface area contributed by atoms with E-state index in [-0.39, 0.29) is 17.9 Å². The standard InChI is InChI=1S/C26H30O14/c1-11(28)35-10-26-17-15(7-8-34-24(17)39-25-20(32)19(31)18(30)16(9-27)37-25)21(22(26)40-26)38-23(33)13-3-5-14(6-4-13)36-12(2)29/h3-8,15-22,24-25,27,30-32H,9-10H2,1-2H3. The van der Waals surface area contributed by atoms with Crippen molar-refractivity contribution in [3.63, 3.8) is 0 Å². The smallest absolute Gasteiger partial charge is 0.338 e. The lowest BCUT2D eigenvalue weighted by molar-refractivity contribution is -0.344. The summed E-state index contributed by atoms with van der Waals surface area (Å²) >= 11 is 0. The molecule has 3 aliphatic heterocycles. The molecule has 14 nitrogen and oxygen atoms in total. The van der Waals surface area contributed by atoms with E-state index >= 15 is 0 Å². The maximum atomic E-state index is 13.0. The van der Waals surface area contributed by atoms with Crippen LogP contribution in [0, 0.1) is 11.8 Å². The largest absolute Gasteiger partial charge is 0.472 e. The maximum Gasteiger partial charge on any atom is 0.338 e. The molecule has 0 spiro atoms. The Labute approximate surface area is 227 Å². The molecular formula is C26H30O14. The van der Waals surface area contributed by atoms with E-state index < -0.39 is 91.2 Å². The summed E-state index contributed by atoms with van der Waals surface area (Å²) in [5.41, 5.74) is -0.972. The SMILES string of the molecule is CC(=O)OCC12OC1C(OC(=O)c1ccc(OC(C)=O)cc1)C1C=COC(OC3OC(CO)C(O)C(O)C3O)C12. The molecular weight excluding hydrogens is 536 g/mol. The molecule has 0 amide bonds. The first-order valence-corrected chi connectivity index (χ1v) is 12.6. The molecule has 4 N–H and O–H groups in total. The number of aliphatic hydroxyl groups excluding tert-OH is 4. The van der Waals surface area contributed by atoms with Crippen molar-refractivity contribution in [2.75, 3.05) is 13.2 Å². The summed E-state index contributed by atoms with van der Waals surface area (Å²) in [5, 5.41) is 40.2. The van der Waals surface area contributed by atoms with Gasteiger partial charge in [-0.2, -0.15) is 0 Å². The minimum atomic E-state index is -1.68. The van der Waals surface area contributed by atoms with Gasteiger partial charge in [-0.3, -0.25) is 9.59 Å². The van der Waals surface area contributed by atoms with Crippen molar-refractivity contribution < 1.29 is 68.0 Å². The predicted octanol–water partition coefficient (Wildman–Crippen LogP) is -1.23. The highest BCUT2D eigenvalue weighted by atomic mass is 16.8. The summed E-state index contributed by atoms with van der Waals surface area (Å²) in [6.45, 7) is 1.64. The van der Waals surface area contributed by atoms with Crippen molar-refractivity contribution in [3.8, 4) is 5.75 Å². The third kappa shape index (κ3) is 5.19. The number of esters is 3. The fraction of sp³-hybridized carbons (Fsp3) is 0.577. The molecule has 1 aliphatic carbocycles. The number of ether oxygens (including phenoxy) is 7. The van der Waals surface area contributed by atoms with E-state index in [1.165, 1.54) is 44.4 Å². The molecule has 11 unspecified atom stereocenters. The Hall–Kier alpha value is -3.11. The van der Waals surface area contributed by atoms with Crippen LogP contribution in [0.3, 0.4) is 0 Å². The second-order valence-corrected chi connectivity index (χ2v) is 10.0. The molecule has 14 heteroatoms. The number of carbonyl (C=O) groups is 3. The van der Waals surface area contributed by atoms with E-state index in [1.807, 2.05) is 0 Å². The van der Waals surface area contributed by atoms with Gasteiger partial charge in [0.15, 0.2) is 6.29 Å². The van der Waals surface area contributed by atoms with E-state index in [9.17, 15) is 34.8 Å². The molecule has 2 saturated heterocycles. The van der Waals surface area contributed by atoms with Crippen LogP contribution in [0.25, 0.3) is 0 Å². The van der Waals surface area contributed by atoms with Crippen LogP contribution in [0.5, 0.6) is 5.75 Å². The molecule has 4 aliphatic rings. The highest BCUT2D eigenvalue weighted by Gasteiger charge is 2.78. The molecule has 1 saturated carbocycles. The Balaban J connectivity index is 1.36. The van der Waals surface area contributed by atoms with E-state index in [2.05, 4.69) is 0 Å². The van der Waals surface area contributed by atoms with Crippen LogP contribution < -0.4 is 4.74 Å². The summed E-state index contributed by atoms with van der Waals surface area (Å²) in [4.78, 5) is 35.8. The molecule has 3 heterocycles. The first-order chi connectivity index (χ1) is 19.1. The molecule has 218 valence electrons. The van der Waals surface area contributed by atoms with Crippen molar-refractivity contribution in [2.24, 2.45) is 11.8 Å². The average Bonchev–Trinajstić information content (AvgIpc) is 3.59. The number of carbonyl (C=O) groups excluding carboxylic acids is 3. The Morgan fingerprint density at radius 1 is 0.975 bits per heavy atom. The monoisotopic (exact) mass is 566 g/mol. The summed E-state index contributed by atoms with van der Waals surface area (Å²) < 4.78 is 39.1. The second-order valence-electron chi connectivity index (χ2n) is 10.0. The number of hydrogen-bond donors (Lipinski definition) is 4. The van der Waals surface area contributed by atoms with Gasteiger partial charge in [-0.05, 0) is 30.3 Å². The van der Waals surface area contributed by atoms with Gasteiger partial charge in [0.25, 0.3) is 0 Å². The second kappa shape index (κ2) is 11.0. The highest BCUT2D eigenvalue weighted by Crippen LogP contribution is 2.61. The molecule has 40 heavy (non-hydrogen) atoms. The van der Waals surface area contributed by atoms with Gasteiger partial charge < -0.3 is 53.6 Å². The Morgan fingerprint density at radius 2 is 1.70 bits per heavy atom. The zero-order valence-electron chi connectivity index (χ0n) is 21.5. The lowest BCUT2D eigenvalue weighted by atomic mass is 9.85. The van der Waals surface area contributed by atoms with Crippen LogP contribution in [0.4, 0.5) is 0 Å². The van der Waals surface area contributed by atoms with E-state index in [0.717, 1.165) is 0 Å². The topological polar surface area (TPSA) is 200 Å². The normalized spacial score (nSPS) is 39.4. The van der Waals surface area contributed by atoms with Gasteiger partial charge in [0.2, 0.25) is 6.29 Å². The Bertz CT molecular complexity index is 1150. The Morgan fingerprint density at radius 3 is 2.35 bits per heavy atom. The number of benzene rings is 1. The summed E-state index contributed by atoms with van der Waals surface area (Å²) in [6, 6.07) is 5.79. The van der Waals surface area contributed by atoms with Gasteiger partial charge in [0.05, 0.1) is 24.4 Å². The van der Waals surface area contributed by atoms with Crippen LogP contribution in [0.1, 0.15) is 24.2 Å². The molecule has 0 bridgehead atoms. The molecule has 11 atom stereocenters. The average molecular weight is 567 g/mol. The summed E-state index contributed by atoms with van der Waals surface area (Å²) in [6.07, 6.45) is -7.39. The van der Waals surface area contributed by atoms with Crippen molar-refractivity contribution in [3.05, 3.63) is 42.2 Å². The molecule has 1 aromatic rings. The van der Waals surface area contributed by atoms with Gasteiger partial charge in [-0.25, -0.2) is 4.79 Å². The maximum absolute atomic E-state index is 13.0. The van der Waals surface area contributed by atoms with Gasteiger partial charge in [-0.1, -0.05) is 0 Å². The number of epoxide rings is 1. The number of hydrogen-bond acceptors (Lipinski definition) is 14. The number of aliphatic hydroxyl groups is 4. The molecule has 0 aromatic heterocycles. The van der Waals surface area contributed by atoms with Crippen LogP contribution in [0.2, 0.25) is 0 Å². The van der Waals surface area contributed by atoms with Gasteiger partial charge in [-0.15, -0.1) is 0 Å². The van der Waals surface area contributed by atoms with E-state index in [1.54, 1.807) is 6.08 Å². The quantitative estimate of drug-likeness (QED) is 0.166. The molecule has 3 fully saturated rings. The fourth-order valence-electron chi connectivity index (χ4n) is 5.50.